The Morgan fingerprint density at radius 2 is 1.75 bits per heavy atom. The van der Waals surface area contributed by atoms with Crippen LogP contribution in [0, 0.1) is 11.2 Å². The van der Waals surface area contributed by atoms with Gasteiger partial charge in [-0.15, -0.1) is 0 Å². The van der Waals surface area contributed by atoms with Crippen molar-refractivity contribution >= 4 is 21.4 Å². The average molecular weight is 269 g/mol. The molecule has 0 amide bonds. The zero-order valence-corrected chi connectivity index (χ0v) is 9.12. The van der Waals surface area contributed by atoms with Gasteiger partial charge in [0.1, 0.15) is 0 Å². The molecular weight excluding hydrogens is 265 g/mol. The van der Waals surface area contributed by atoms with Crippen molar-refractivity contribution in [2.45, 2.75) is 5.51 Å². The molecule has 0 fully saturated rings. The molecule has 0 bridgehead atoms. The number of hydrogen-bond donors (Lipinski definition) is 0. The highest BCUT2D eigenvalue weighted by atomic mass is 35.5. The van der Waals surface area contributed by atoms with Gasteiger partial charge in [-0.3, -0.25) is 0 Å². The van der Waals surface area contributed by atoms with Crippen LogP contribution in [0.3, 0.4) is 0 Å². The van der Waals surface area contributed by atoms with E-state index in [1.807, 2.05) is 5.92 Å². The normalized spacial score (nSPS) is 11.8. The Bertz CT molecular complexity index is 552. The van der Waals surface area contributed by atoms with Crippen LogP contribution in [0.5, 0.6) is 0 Å². The van der Waals surface area contributed by atoms with E-state index in [2.05, 4.69) is 0 Å². The van der Waals surface area contributed by atoms with Crippen molar-refractivity contribution in [1.82, 2.24) is 0 Å². The van der Waals surface area contributed by atoms with E-state index in [9.17, 15) is 21.6 Å². The zero-order chi connectivity index (χ0) is 12.4. The summed E-state index contributed by atoms with van der Waals surface area (Å²) in [7, 11) is -5.43. The van der Waals surface area contributed by atoms with E-state index in [1.54, 1.807) is 6.07 Å². The van der Waals surface area contributed by atoms with E-state index in [0.29, 0.717) is 0 Å². The Labute approximate surface area is 95.0 Å². The van der Waals surface area contributed by atoms with Crippen molar-refractivity contribution < 1.29 is 21.6 Å². The molecule has 0 radical (unpaired) electrons. The van der Waals surface area contributed by atoms with Crippen LogP contribution >= 0.6 is 11.6 Å². The van der Waals surface area contributed by atoms with Gasteiger partial charge in [0.15, 0.2) is 0 Å². The maximum atomic E-state index is 11.9. The van der Waals surface area contributed by atoms with Crippen LogP contribution < -0.4 is 0 Å². The molecule has 86 valence electrons. The summed E-state index contributed by atoms with van der Waals surface area (Å²) in [4.78, 5) is 0. The molecule has 7 heteroatoms. The molecule has 2 nitrogen and oxygen atoms in total. The van der Waals surface area contributed by atoms with Crippen LogP contribution in [0.25, 0.3) is 0 Å². The van der Waals surface area contributed by atoms with Gasteiger partial charge in [-0.05, 0) is 18.1 Å². The van der Waals surface area contributed by atoms with Gasteiger partial charge in [-0.1, -0.05) is 23.7 Å². The summed E-state index contributed by atoms with van der Waals surface area (Å²) in [6.07, 6.45) is 0. The van der Waals surface area contributed by atoms with E-state index in [0.717, 1.165) is 0 Å². The minimum Gasteiger partial charge on any atom is -0.206 e. The van der Waals surface area contributed by atoms with Crippen LogP contribution in [0.1, 0.15) is 5.56 Å². The van der Waals surface area contributed by atoms with Crippen molar-refractivity contribution in [3.05, 3.63) is 34.9 Å². The summed E-state index contributed by atoms with van der Waals surface area (Å²) < 4.78 is 56.9. The molecule has 0 aliphatic carbocycles. The molecule has 0 N–H and O–H groups in total. The topological polar surface area (TPSA) is 34.1 Å². The first kappa shape index (κ1) is 12.9. The fourth-order valence-electron chi connectivity index (χ4n) is 0.743. The molecule has 0 aromatic heterocycles. The largest absolute Gasteiger partial charge is 0.509 e. The molecule has 0 saturated carbocycles. The molecule has 16 heavy (non-hydrogen) atoms. The Kier molecular flexibility index (Phi) is 3.51. The zero-order valence-electron chi connectivity index (χ0n) is 7.55. The summed E-state index contributed by atoms with van der Waals surface area (Å²) in [5.41, 5.74) is -5.35. The number of benzene rings is 1. The minimum atomic E-state index is -5.43. The number of rotatable bonds is 0. The maximum Gasteiger partial charge on any atom is 0.509 e. The van der Waals surface area contributed by atoms with Crippen molar-refractivity contribution in [3.63, 3.8) is 0 Å². The van der Waals surface area contributed by atoms with Gasteiger partial charge in [-0.25, -0.2) is 8.42 Å². The molecule has 0 aliphatic heterocycles. The van der Waals surface area contributed by atoms with Gasteiger partial charge in [0, 0.05) is 10.8 Å². The van der Waals surface area contributed by atoms with Crippen molar-refractivity contribution in [3.8, 4) is 11.2 Å². The summed E-state index contributed by atoms with van der Waals surface area (Å²) in [5.74, 6) is 1.87. The fourth-order valence-corrected chi connectivity index (χ4v) is 1.29. The van der Waals surface area contributed by atoms with Crippen LogP contribution in [-0.4, -0.2) is 13.9 Å². The lowest BCUT2D eigenvalue weighted by molar-refractivity contribution is -0.0420. The SMILES string of the molecule is O=S(=O)(C#Cc1ccccc1Cl)C(F)(F)F. The van der Waals surface area contributed by atoms with Gasteiger partial charge >= 0.3 is 15.3 Å². The predicted octanol–water partition coefficient (Wildman–Crippen LogP) is 2.58. The monoisotopic (exact) mass is 268 g/mol. The summed E-state index contributed by atoms with van der Waals surface area (Å²) >= 11 is 5.59. The second-order valence-corrected chi connectivity index (χ2v) is 4.74. The molecule has 0 aliphatic rings. The lowest BCUT2D eigenvalue weighted by Gasteiger charge is -1.99. The first-order valence-electron chi connectivity index (χ1n) is 3.82. The Hall–Kier alpha value is -1.19. The van der Waals surface area contributed by atoms with Crippen LogP contribution in [0.15, 0.2) is 24.3 Å². The van der Waals surface area contributed by atoms with Crippen molar-refractivity contribution in [2.75, 3.05) is 0 Å². The lowest BCUT2D eigenvalue weighted by Crippen LogP contribution is -2.20. The molecule has 1 rings (SSSR count). The first-order valence-corrected chi connectivity index (χ1v) is 5.69. The molecule has 1 aromatic carbocycles. The van der Waals surface area contributed by atoms with Crippen molar-refractivity contribution in [1.29, 1.82) is 0 Å². The van der Waals surface area contributed by atoms with Crippen LogP contribution in [0.2, 0.25) is 5.02 Å². The first-order chi connectivity index (χ1) is 7.24. The van der Waals surface area contributed by atoms with Gasteiger partial charge < -0.3 is 0 Å². The van der Waals surface area contributed by atoms with E-state index in [1.165, 1.54) is 23.5 Å². The highest BCUT2D eigenvalue weighted by Gasteiger charge is 2.44. The van der Waals surface area contributed by atoms with Crippen LogP contribution in [0.4, 0.5) is 13.2 Å². The third kappa shape index (κ3) is 2.90. The molecule has 0 heterocycles. The standard InChI is InChI=1S/C9H4ClF3O2S/c10-8-4-2-1-3-7(8)5-6-16(14,15)9(11,12)13/h1-4H. The van der Waals surface area contributed by atoms with E-state index in [4.69, 9.17) is 11.6 Å². The van der Waals surface area contributed by atoms with Gasteiger partial charge in [0.2, 0.25) is 0 Å². The van der Waals surface area contributed by atoms with E-state index >= 15 is 0 Å². The second-order valence-electron chi connectivity index (χ2n) is 2.66. The molecular formula is C9H4ClF3O2S. The van der Waals surface area contributed by atoms with Gasteiger partial charge in [0.25, 0.3) is 0 Å². The molecule has 0 saturated heterocycles. The summed E-state index contributed by atoms with van der Waals surface area (Å²) in [6.45, 7) is 0. The number of sulfone groups is 1. The number of halogens is 4. The lowest BCUT2D eigenvalue weighted by atomic mass is 10.2. The Morgan fingerprint density at radius 1 is 1.19 bits per heavy atom. The van der Waals surface area contributed by atoms with Crippen molar-refractivity contribution in [2.24, 2.45) is 0 Å². The smallest absolute Gasteiger partial charge is 0.206 e. The molecule has 0 atom stereocenters. The second kappa shape index (κ2) is 4.36. The molecule has 0 unspecified atom stereocenters. The Morgan fingerprint density at radius 3 is 2.25 bits per heavy atom. The highest BCUT2D eigenvalue weighted by Crippen LogP contribution is 2.23. The third-order valence-electron chi connectivity index (χ3n) is 1.50. The molecule has 1 aromatic rings. The highest BCUT2D eigenvalue weighted by molar-refractivity contribution is 7.96. The number of hydrogen-bond acceptors (Lipinski definition) is 2. The summed E-state index contributed by atoms with van der Waals surface area (Å²) in [6, 6.07) is 5.74. The quantitative estimate of drug-likeness (QED) is 0.678. The van der Waals surface area contributed by atoms with Gasteiger partial charge in [0.05, 0.1) is 5.02 Å². The van der Waals surface area contributed by atoms with E-state index < -0.39 is 15.3 Å². The van der Waals surface area contributed by atoms with Crippen LogP contribution in [-0.2, 0) is 9.84 Å². The van der Waals surface area contributed by atoms with E-state index in [-0.39, 0.29) is 10.6 Å². The predicted molar refractivity (Wildman–Crippen MR) is 53.3 cm³/mol. The molecule has 0 spiro atoms. The maximum absolute atomic E-state index is 11.9. The minimum absolute atomic E-state index is 0.0250. The third-order valence-corrected chi connectivity index (χ3v) is 2.81. The summed E-state index contributed by atoms with van der Waals surface area (Å²) in [5, 5.41) is 1.26. The Balaban J connectivity index is 3.15. The fraction of sp³-hybridized carbons (Fsp3) is 0.111. The average Bonchev–Trinajstić information content (AvgIpc) is 2.15. The number of alkyl halides is 3. The van der Waals surface area contributed by atoms with Gasteiger partial charge in [-0.2, -0.15) is 13.2 Å².